The predicted octanol–water partition coefficient (Wildman–Crippen LogP) is 5.27. The number of carbonyl (C=O) groups is 1. The summed E-state index contributed by atoms with van der Waals surface area (Å²) in [6, 6.07) is 20.9. The lowest BCUT2D eigenvalue weighted by molar-refractivity contribution is -0.0239. The Morgan fingerprint density at radius 1 is 0.947 bits per heavy atom. The molecule has 1 fully saturated rings. The number of para-hydroxylation sites is 1. The number of alkyl halides is 2. The number of rotatable bonds is 6. The molecule has 0 spiro atoms. The number of hydrogen-bond donors (Lipinski definition) is 1. The molecule has 0 saturated carbocycles. The van der Waals surface area contributed by atoms with E-state index in [9.17, 15) is 27.1 Å². The first-order valence-electron chi connectivity index (χ1n) is 12.2. The number of hydrogen-bond acceptors (Lipinski definition) is 5. The average Bonchev–Trinajstić information content (AvgIpc) is 2.93. The van der Waals surface area contributed by atoms with E-state index in [0.717, 1.165) is 5.39 Å². The fraction of sp³-hybridized carbons (Fsp3) is 0.241. The number of benzene rings is 3. The second-order valence-electron chi connectivity index (χ2n) is 9.50. The van der Waals surface area contributed by atoms with Crippen LogP contribution in [0.2, 0.25) is 0 Å². The standard InChI is InChI=1S/C29H26F2N2O4S/c30-27(31)23-7-1-2-8-24(23)29(35)14-17-33(18-15-29)28(34)22-12-10-20(11-13-22)19-38(36,37)25-9-3-5-21-6-4-16-32-26(21)25/h1-13,16,27,35H,14-15,17-19H2. The molecule has 6 nitrogen and oxygen atoms in total. The lowest BCUT2D eigenvalue weighted by atomic mass is 9.82. The Kier molecular flexibility index (Phi) is 6.98. The number of halogens is 2. The number of amides is 1. The number of sulfone groups is 1. The molecule has 3 aromatic carbocycles. The number of likely N-dealkylation sites (tertiary alicyclic amines) is 1. The third kappa shape index (κ3) is 5.04. The SMILES string of the molecule is O=C(c1ccc(CS(=O)(=O)c2cccc3cccnc23)cc1)N1CCC(O)(c2ccccc2C(F)F)CC1. The van der Waals surface area contributed by atoms with Gasteiger partial charge in [0, 0.05) is 35.8 Å². The van der Waals surface area contributed by atoms with Crippen LogP contribution < -0.4 is 0 Å². The van der Waals surface area contributed by atoms with Crippen molar-refractivity contribution in [2.75, 3.05) is 13.1 Å². The molecule has 0 bridgehead atoms. The monoisotopic (exact) mass is 536 g/mol. The van der Waals surface area contributed by atoms with Crippen LogP contribution in [-0.2, 0) is 21.2 Å². The van der Waals surface area contributed by atoms with Gasteiger partial charge in [0.2, 0.25) is 0 Å². The molecule has 1 aliphatic rings. The van der Waals surface area contributed by atoms with Crippen molar-refractivity contribution in [3.05, 3.63) is 107 Å². The van der Waals surface area contributed by atoms with Crippen molar-refractivity contribution in [1.29, 1.82) is 0 Å². The molecular formula is C29H26F2N2O4S. The van der Waals surface area contributed by atoms with Crippen molar-refractivity contribution in [2.24, 2.45) is 0 Å². The molecular weight excluding hydrogens is 510 g/mol. The molecule has 1 aromatic heterocycles. The first-order valence-corrected chi connectivity index (χ1v) is 13.9. The van der Waals surface area contributed by atoms with Gasteiger partial charge in [-0.15, -0.1) is 0 Å². The summed E-state index contributed by atoms with van der Waals surface area (Å²) in [5.41, 5.74) is -0.0856. The van der Waals surface area contributed by atoms with E-state index in [1.807, 2.05) is 0 Å². The third-order valence-electron chi connectivity index (χ3n) is 7.06. The van der Waals surface area contributed by atoms with E-state index in [0.29, 0.717) is 16.6 Å². The van der Waals surface area contributed by atoms with Crippen LogP contribution in [-0.4, -0.2) is 42.4 Å². The molecule has 1 amide bonds. The molecule has 0 radical (unpaired) electrons. The molecule has 5 rings (SSSR count). The number of carbonyl (C=O) groups excluding carboxylic acids is 1. The van der Waals surface area contributed by atoms with Crippen molar-refractivity contribution in [3.63, 3.8) is 0 Å². The summed E-state index contributed by atoms with van der Waals surface area (Å²) >= 11 is 0. The molecule has 0 unspecified atom stereocenters. The minimum Gasteiger partial charge on any atom is -0.385 e. The summed E-state index contributed by atoms with van der Waals surface area (Å²) in [6.07, 6.45) is -0.870. The van der Waals surface area contributed by atoms with Gasteiger partial charge in [0.25, 0.3) is 12.3 Å². The van der Waals surface area contributed by atoms with Gasteiger partial charge in [-0.05, 0) is 48.2 Å². The van der Waals surface area contributed by atoms with Crippen LogP contribution in [0.1, 0.15) is 46.3 Å². The Morgan fingerprint density at radius 3 is 2.34 bits per heavy atom. The second kappa shape index (κ2) is 10.2. The molecule has 1 aliphatic heterocycles. The van der Waals surface area contributed by atoms with Gasteiger partial charge < -0.3 is 10.0 Å². The van der Waals surface area contributed by atoms with E-state index < -0.39 is 21.9 Å². The maximum Gasteiger partial charge on any atom is 0.264 e. The zero-order valence-corrected chi connectivity index (χ0v) is 21.2. The second-order valence-corrected chi connectivity index (χ2v) is 11.5. The van der Waals surface area contributed by atoms with E-state index in [1.54, 1.807) is 71.8 Å². The highest BCUT2D eigenvalue weighted by Gasteiger charge is 2.38. The number of pyridine rings is 1. The highest BCUT2D eigenvalue weighted by Crippen LogP contribution is 2.38. The Bertz CT molecular complexity index is 1580. The number of piperidine rings is 1. The number of nitrogens with zero attached hydrogens (tertiary/aromatic N) is 2. The normalized spacial score (nSPS) is 15.6. The van der Waals surface area contributed by atoms with Crippen LogP contribution in [0.25, 0.3) is 10.9 Å². The first-order chi connectivity index (χ1) is 18.2. The Hall–Kier alpha value is -3.69. The third-order valence-corrected chi connectivity index (χ3v) is 8.78. The van der Waals surface area contributed by atoms with E-state index >= 15 is 0 Å². The lowest BCUT2D eigenvalue weighted by Crippen LogP contribution is -2.45. The van der Waals surface area contributed by atoms with Crippen LogP contribution in [0.4, 0.5) is 8.78 Å². The largest absolute Gasteiger partial charge is 0.385 e. The summed E-state index contributed by atoms with van der Waals surface area (Å²) in [5.74, 6) is -0.501. The topological polar surface area (TPSA) is 87.6 Å². The van der Waals surface area contributed by atoms with E-state index in [2.05, 4.69) is 4.98 Å². The van der Waals surface area contributed by atoms with Crippen LogP contribution in [0, 0.1) is 0 Å². The summed E-state index contributed by atoms with van der Waals surface area (Å²) in [4.78, 5) is 19.1. The van der Waals surface area contributed by atoms with Gasteiger partial charge in [-0.1, -0.05) is 54.6 Å². The van der Waals surface area contributed by atoms with Crippen LogP contribution in [0.5, 0.6) is 0 Å². The van der Waals surface area contributed by atoms with Gasteiger partial charge in [0.15, 0.2) is 9.84 Å². The van der Waals surface area contributed by atoms with Gasteiger partial charge >= 0.3 is 0 Å². The molecule has 196 valence electrons. The van der Waals surface area contributed by atoms with Gasteiger partial charge in [-0.3, -0.25) is 9.78 Å². The van der Waals surface area contributed by atoms with Crippen molar-refractivity contribution in [1.82, 2.24) is 9.88 Å². The fourth-order valence-corrected chi connectivity index (χ4v) is 6.55. The lowest BCUT2D eigenvalue weighted by Gasteiger charge is -2.39. The maximum atomic E-state index is 13.5. The molecule has 38 heavy (non-hydrogen) atoms. The van der Waals surface area contributed by atoms with Gasteiger partial charge in [-0.25, -0.2) is 17.2 Å². The average molecular weight is 537 g/mol. The van der Waals surface area contributed by atoms with Crippen molar-refractivity contribution < 1.29 is 27.1 Å². The summed E-state index contributed by atoms with van der Waals surface area (Å²) in [7, 11) is -3.68. The molecule has 2 heterocycles. The molecule has 1 N–H and O–H groups in total. The minimum atomic E-state index is -3.68. The van der Waals surface area contributed by atoms with Crippen molar-refractivity contribution >= 4 is 26.6 Å². The summed E-state index contributed by atoms with van der Waals surface area (Å²) < 4.78 is 53.2. The highest BCUT2D eigenvalue weighted by molar-refractivity contribution is 7.90. The Labute approximate surface area is 219 Å². The summed E-state index contributed by atoms with van der Waals surface area (Å²) in [6.45, 7) is 0.411. The predicted molar refractivity (Wildman–Crippen MR) is 140 cm³/mol. The van der Waals surface area contributed by atoms with Gasteiger partial charge in [0.1, 0.15) is 0 Å². The van der Waals surface area contributed by atoms with E-state index in [4.69, 9.17) is 0 Å². The van der Waals surface area contributed by atoms with E-state index in [1.165, 1.54) is 18.2 Å². The van der Waals surface area contributed by atoms with Crippen LogP contribution in [0.15, 0.2) is 90.0 Å². The van der Waals surface area contributed by atoms with Gasteiger partial charge in [-0.2, -0.15) is 0 Å². The van der Waals surface area contributed by atoms with E-state index in [-0.39, 0.29) is 53.6 Å². The molecule has 4 aromatic rings. The van der Waals surface area contributed by atoms with Crippen molar-refractivity contribution in [2.45, 2.75) is 35.5 Å². The zero-order valence-electron chi connectivity index (χ0n) is 20.4. The summed E-state index contributed by atoms with van der Waals surface area (Å²) in [5, 5.41) is 11.9. The maximum absolute atomic E-state index is 13.5. The Morgan fingerprint density at radius 2 is 1.63 bits per heavy atom. The quantitative estimate of drug-likeness (QED) is 0.363. The fourth-order valence-electron chi connectivity index (χ4n) is 5.01. The van der Waals surface area contributed by atoms with Crippen LogP contribution in [0.3, 0.4) is 0 Å². The van der Waals surface area contributed by atoms with Crippen molar-refractivity contribution in [3.8, 4) is 0 Å². The van der Waals surface area contributed by atoms with Crippen LogP contribution >= 0.6 is 0 Å². The molecule has 0 aliphatic carbocycles. The minimum absolute atomic E-state index is 0.137. The zero-order chi connectivity index (χ0) is 26.9. The smallest absolute Gasteiger partial charge is 0.264 e. The first kappa shape index (κ1) is 25.9. The number of aromatic nitrogens is 1. The Balaban J connectivity index is 1.27. The molecule has 1 saturated heterocycles. The number of aliphatic hydroxyl groups is 1. The highest BCUT2D eigenvalue weighted by atomic mass is 32.2. The molecule has 9 heteroatoms. The number of fused-ring (bicyclic) bond motifs is 1. The van der Waals surface area contributed by atoms with Gasteiger partial charge in [0.05, 0.1) is 21.8 Å². The molecule has 0 atom stereocenters.